The Labute approximate surface area is 109 Å². The van der Waals surface area contributed by atoms with E-state index in [1.54, 1.807) is 13.8 Å². The van der Waals surface area contributed by atoms with Crippen molar-refractivity contribution >= 4 is 11.7 Å². The van der Waals surface area contributed by atoms with Gasteiger partial charge in [0.25, 0.3) is 0 Å². The van der Waals surface area contributed by atoms with Crippen molar-refractivity contribution in [2.24, 2.45) is 28.1 Å². The monoisotopic (exact) mass is 255 g/mol. The SMILES string of the molecule is CC1CCCC(CNC(=O)C(C)(C)C(N)=NO)C1. The third kappa shape index (κ3) is 3.62. The van der Waals surface area contributed by atoms with Gasteiger partial charge >= 0.3 is 0 Å². The lowest BCUT2D eigenvalue weighted by molar-refractivity contribution is -0.126. The first-order valence-electron chi connectivity index (χ1n) is 6.64. The van der Waals surface area contributed by atoms with E-state index in [1.165, 1.54) is 25.7 Å². The van der Waals surface area contributed by atoms with Crippen LogP contribution in [0, 0.1) is 17.3 Å². The van der Waals surface area contributed by atoms with Crippen LogP contribution in [0.3, 0.4) is 0 Å². The zero-order chi connectivity index (χ0) is 13.8. The topological polar surface area (TPSA) is 87.7 Å². The van der Waals surface area contributed by atoms with Gasteiger partial charge in [0.15, 0.2) is 5.84 Å². The van der Waals surface area contributed by atoms with Gasteiger partial charge in [-0.05, 0) is 38.5 Å². The summed E-state index contributed by atoms with van der Waals surface area (Å²) in [5.74, 6) is 1.06. The Morgan fingerprint density at radius 2 is 2.17 bits per heavy atom. The molecular weight excluding hydrogens is 230 g/mol. The number of hydrogen-bond donors (Lipinski definition) is 3. The van der Waals surface area contributed by atoms with E-state index in [0.29, 0.717) is 12.5 Å². The van der Waals surface area contributed by atoms with Crippen molar-refractivity contribution in [2.45, 2.75) is 46.5 Å². The Kier molecular flexibility index (Phi) is 4.99. The van der Waals surface area contributed by atoms with Crippen LogP contribution >= 0.6 is 0 Å². The molecule has 104 valence electrons. The molecule has 0 bridgehead atoms. The lowest BCUT2D eigenvalue weighted by atomic mass is 9.82. The molecule has 4 N–H and O–H groups in total. The molecule has 1 rings (SSSR count). The van der Waals surface area contributed by atoms with Gasteiger partial charge in [-0.3, -0.25) is 4.79 Å². The molecule has 2 unspecified atom stereocenters. The molecule has 18 heavy (non-hydrogen) atoms. The van der Waals surface area contributed by atoms with E-state index in [-0.39, 0.29) is 11.7 Å². The van der Waals surface area contributed by atoms with Crippen LogP contribution in [-0.2, 0) is 4.79 Å². The number of hydrogen-bond acceptors (Lipinski definition) is 3. The van der Waals surface area contributed by atoms with Crippen LogP contribution < -0.4 is 11.1 Å². The molecule has 2 atom stereocenters. The standard InChI is InChI=1S/C13H25N3O2/c1-9-5-4-6-10(7-9)8-15-12(17)13(2,3)11(14)16-18/h9-10,18H,4-8H2,1-3H3,(H2,14,16)(H,15,17). The summed E-state index contributed by atoms with van der Waals surface area (Å²) in [6.07, 6.45) is 4.88. The molecule has 1 aliphatic carbocycles. The second kappa shape index (κ2) is 6.07. The molecule has 0 aliphatic heterocycles. The van der Waals surface area contributed by atoms with Gasteiger partial charge in [0, 0.05) is 6.54 Å². The number of amides is 1. The maximum absolute atomic E-state index is 12.0. The highest BCUT2D eigenvalue weighted by Gasteiger charge is 2.33. The zero-order valence-electron chi connectivity index (χ0n) is 11.6. The average Bonchev–Trinajstić information content (AvgIpc) is 2.34. The highest BCUT2D eigenvalue weighted by Crippen LogP contribution is 2.28. The molecule has 0 aromatic carbocycles. The second-order valence-corrected chi connectivity index (χ2v) is 5.96. The van der Waals surface area contributed by atoms with Gasteiger partial charge in [-0.1, -0.05) is 24.9 Å². The van der Waals surface area contributed by atoms with Crippen molar-refractivity contribution in [2.75, 3.05) is 6.54 Å². The lowest BCUT2D eigenvalue weighted by Crippen LogP contribution is -2.47. The quantitative estimate of drug-likeness (QED) is 0.309. The smallest absolute Gasteiger partial charge is 0.233 e. The summed E-state index contributed by atoms with van der Waals surface area (Å²) in [5.41, 5.74) is 4.56. The van der Waals surface area contributed by atoms with E-state index >= 15 is 0 Å². The number of nitrogens with two attached hydrogens (primary N) is 1. The largest absolute Gasteiger partial charge is 0.409 e. The van der Waals surface area contributed by atoms with Gasteiger partial charge in [-0.15, -0.1) is 0 Å². The first-order chi connectivity index (χ1) is 8.37. The van der Waals surface area contributed by atoms with Crippen molar-refractivity contribution in [3.8, 4) is 0 Å². The van der Waals surface area contributed by atoms with Crippen molar-refractivity contribution in [1.82, 2.24) is 5.32 Å². The molecule has 1 fully saturated rings. The summed E-state index contributed by atoms with van der Waals surface area (Å²) in [6, 6.07) is 0. The Morgan fingerprint density at radius 3 is 2.72 bits per heavy atom. The van der Waals surface area contributed by atoms with Gasteiger partial charge in [-0.25, -0.2) is 0 Å². The van der Waals surface area contributed by atoms with Crippen molar-refractivity contribution in [3.05, 3.63) is 0 Å². The normalized spacial score (nSPS) is 25.8. The van der Waals surface area contributed by atoms with Gasteiger partial charge in [0.05, 0.1) is 0 Å². The number of nitrogens with zero attached hydrogens (tertiary/aromatic N) is 1. The van der Waals surface area contributed by atoms with E-state index in [9.17, 15) is 4.79 Å². The Bertz CT molecular complexity index is 326. The van der Waals surface area contributed by atoms with E-state index in [2.05, 4.69) is 17.4 Å². The van der Waals surface area contributed by atoms with Gasteiger partial charge in [0.2, 0.25) is 5.91 Å². The predicted molar refractivity (Wildman–Crippen MR) is 71.3 cm³/mol. The third-order valence-corrected chi connectivity index (χ3v) is 3.91. The summed E-state index contributed by atoms with van der Waals surface area (Å²) in [5, 5.41) is 14.5. The first kappa shape index (κ1) is 14.8. The summed E-state index contributed by atoms with van der Waals surface area (Å²) in [6.45, 7) is 6.25. The number of carbonyl (C=O) groups is 1. The molecule has 1 amide bonds. The summed E-state index contributed by atoms with van der Waals surface area (Å²) in [4.78, 5) is 12.0. The fourth-order valence-electron chi connectivity index (χ4n) is 2.44. The van der Waals surface area contributed by atoms with E-state index in [0.717, 1.165) is 5.92 Å². The van der Waals surface area contributed by atoms with Crippen LogP contribution in [0.4, 0.5) is 0 Å². The Hall–Kier alpha value is -1.26. The first-order valence-corrected chi connectivity index (χ1v) is 6.64. The van der Waals surface area contributed by atoms with Crippen LogP contribution in [0.25, 0.3) is 0 Å². The number of oxime groups is 1. The second-order valence-electron chi connectivity index (χ2n) is 5.96. The predicted octanol–water partition coefficient (Wildman–Crippen LogP) is 1.70. The van der Waals surface area contributed by atoms with Crippen LogP contribution in [0.5, 0.6) is 0 Å². The molecule has 1 aliphatic rings. The fraction of sp³-hybridized carbons (Fsp3) is 0.846. The summed E-state index contributed by atoms with van der Waals surface area (Å²) < 4.78 is 0. The molecule has 5 heteroatoms. The minimum Gasteiger partial charge on any atom is -0.409 e. The average molecular weight is 255 g/mol. The maximum Gasteiger partial charge on any atom is 0.233 e. The van der Waals surface area contributed by atoms with E-state index in [1.807, 2.05) is 0 Å². The minimum absolute atomic E-state index is 0.0583. The number of carbonyl (C=O) groups excluding carboxylic acids is 1. The van der Waals surface area contributed by atoms with Crippen molar-refractivity contribution < 1.29 is 10.0 Å². The number of rotatable bonds is 4. The third-order valence-electron chi connectivity index (χ3n) is 3.91. The molecule has 0 spiro atoms. The fourth-order valence-corrected chi connectivity index (χ4v) is 2.44. The molecule has 0 aromatic rings. The van der Waals surface area contributed by atoms with Gasteiger partial charge in [0.1, 0.15) is 5.41 Å². The summed E-state index contributed by atoms with van der Waals surface area (Å²) >= 11 is 0. The zero-order valence-corrected chi connectivity index (χ0v) is 11.6. The minimum atomic E-state index is -0.963. The molecule has 0 heterocycles. The van der Waals surface area contributed by atoms with Crippen LogP contribution in [0.15, 0.2) is 5.16 Å². The Balaban J connectivity index is 2.45. The molecule has 0 aromatic heterocycles. The highest BCUT2D eigenvalue weighted by atomic mass is 16.4. The van der Waals surface area contributed by atoms with Gasteiger partial charge < -0.3 is 16.3 Å². The van der Waals surface area contributed by atoms with Crippen molar-refractivity contribution in [1.29, 1.82) is 0 Å². The van der Waals surface area contributed by atoms with E-state index in [4.69, 9.17) is 10.9 Å². The summed E-state index contributed by atoms with van der Waals surface area (Å²) in [7, 11) is 0. The molecule has 1 saturated carbocycles. The van der Waals surface area contributed by atoms with E-state index < -0.39 is 5.41 Å². The van der Waals surface area contributed by atoms with Gasteiger partial charge in [-0.2, -0.15) is 0 Å². The molecular formula is C13H25N3O2. The number of amidine groups is 1. The van der Waals surface area contributed by atoms with Crippen molar-refractivity contribution in [3.63, 3.8) is 0 Å². The molecule has 0 saturated heterocycles. The van der Waals surface area contributed by atoms with Crippen LogP contribution in [-0.4, -0.2) is 23.5 Å². The van der Waals surface area contributed by atoms with Crippen LogP contribution in [0.1, 0.15) is 46.5 Å². The maximum atomic E-state index is 12.0. The van der Waals surface area contributed by atoms with Crippen LogP contribution in [0.2, 0.25) is 0 Å². The molecule has 0 radical (unpaired) electrons. The molecule has 5 nitrogen and oxygen atoms in total. The number of nitrogens with one attached hydrogen (secondary N) is 1. The highest BCUT2D eigenvalue weighted by molar-refractivity contribution is 6.05. The Morgan fingerprint density at radius 1 is 1.50 bits per heavy atom. The lowest BCUT2D eigenvalue weighted by Gasteiger charge is -2.28.